The first-order chi connectivity index (χ1) is 7.89. The van der Waals surface area contributed by atoms with Crippen LogP contribution in [0.1, 0.15) is 40.5 Å². The first-order valence-electron chi connectivity index (χ1n) is 6.04. The molecule has 0 amide bonds. The van der Waals surface area contributed by atoms with Crippen LogP contribution in [0.15, 0.2) is 4.99 Å². The van der Waals surface area contributed by atoms with Crippen molar-refractivity contribution in [1.29, 1.82) is 0 Å². The molecule has 0 rings (SSSR count). The molecule has 0 aliphatic rings. The van der Waals surface area contributed by atoms with Crippen LogP contribution in [0.3, 0.4) is 0 Å². The molecule has 0 saturated carbocycles. The Kier molecular flexibility index (Phi) is 7.16. The molecule has 0 atom stereocenters. The maximum absolute atomic E-state index is 5.55. The zero-order valence-corrected chi connectivity index (χ0v) is 13.3. The molecule has 0 aromatic heterocycles. The molecule has 0 aromatic rings. The smallest absolute Gasteiger partial charge is 0.377 e. The maximum Gasteiger partial charge on any atom is 0.506 e. The Morgan fingerprint density at radius 2 is 1.59 bits per heavy atom. The topological polar surface area (TPSA) is 40.0 Å². The number of nitrogens with zero attached hydrogens (tertiary/aromatic N) is 1. The van der Waals surface area contributed by atoms with Crippen molar-refractivity contribution in [3.8, 4) is 0 Å². The second kappa shape index (κ2) is 7.26. The monoisotopic (exact) mass is 261 g/mol. The third kappa shape index (κ3) is 4.17. The van der Waals surface area contributed by atoms with Crippen LogP contribution in [0.4, 0.5) is 0 Å². The van der Waals surface area contributed by atoms with Crippen molar-refractivity contribution < 1.29 is 13.3 Å². The maximum atomic E-state index is 5.55. The van der Waals surface area contributed by atoms with E-state index in [-0.39, 0.29) is 5.04 Å². The molecule has 0 aromatic carbocycles. The van der Waals surface area contributed by atoms with Gasteiger partial charge in [-0.25, -0.2) is 0 Å². The number of hydrogen-bond acceptors (Lipinski definition) is 4. The van der Waals surface area contributed by atoms with Gasteiger partial charge in [0, 0.05) is 38.6 Å². The van der Waals surface area contributed by atoms with Gasteiger partial charge in [0.25, 0.3) is 0 Å². The Morgan fingerprint density at radius 3 is 1.94 bits per heavy atom. The Hall–Kier alpha value is -0.233. The highest BCUT2D eigenvalue weighted by Gasteiger charge is 2.53. The van der Waals surface area contributed by atoms with Gasteiger partial charge in [-0.2, -0.15) is 0 Å². The Labute approximate surface area is 107 Å². The summed E-state index contributed by atoms with van der Waals surface area (Å²) in [7, 11) is 2.33. The molecule has 0 radical (unpaired) electrons. The zero-order chi connectivity index (χ0) is 13.5. The molecule has 0 saturated heterocycles. The molecule has 0 fully saturated rings. The standard InChI is InChI=1S/C12H27NO3Si/c1-8-9-13-11(2)10-12(3,4)17(14-5,15-6)16-7/h8-10H2,1-7H3. The van der Waals surface area contributed by atoms with E-state index in [1.54, 1.807) is 21.3 Å². The summed E-state index contributed by atoms with van der Waals surface area (Å²) in [6.07, 6.45) is 1.90. The average molecular weight is 261 g/mol. The fraction of sp³-hybridized carbons (Fsp3) is 0.917. The van der Waals surface area contributed by atoms with E-state index < -0.39 is 8.80 Å². The summed E-state index contributed by atoms with van der Waals surface area (Å²) in [4.78, 5) is 4.52. The van der Waals surface area contributed by atoms with Gasteiger partial charge in [0.15, 0.2) is 0 Å². The van der Waals surface area contributed by atoms with Gasteiger partial charge in [-0.05, 0) is 19.8 Å². The van der Waals surface area contributed by atoms with Crippen LogP contribution in [0.25, 0.3) is 0 Å². The van der Waals surface area contributed by atoms with Gasteiger partial charge in [0.05, 0.1) is 0 Å². The minimum absolute atomic E-state index is 0.174. The molecular weight excluding hydrogens is 234 g/mol. The molecule has 102 valence electrons. The summed E-state index contributed by atoms with van der Waals surface area (Å²) in [5, 5.41) is -0.174. The summed E-state index contributed by atoms with van der Waals surface area (Å²) >= 11 is 0. The van der Waals surface area contributed by atoms with Crippen molar-refractivity contribution in [3.63, 3.8) is 0 Å². The van der Waals surface area contributed by atoms with Gasteiger partial charge in [0.1, 0.15) is 0 Å². The van der Waals surface area contributed by atoms with Gasteiger partial charge < -0.3 is 13.3 Å². The molecule has 4 nitrogen and oxygen atoms in total. The highest BCUT2D eigenvalue weighted by atomic mass is 28.4. The van der Waals surface area contributed by atoms with Gasteiger partial charge in [-0.3, -0.25) is 4.99 Å². The van der Waals surface area contributed by atoms with E-state index in [1.807, 2.05) is 0 Å². The number of hydrogen-bond donors (Lipinski definition) is 0. The first kappa shape index (κ1) is 16.8. The van der Waals surface area contributed by atoms with Gasteiger partial charge in [-0.1, -0.05) is 20.8 Å². The molecule has 0 aliphatic heterocycles. The summed E-state index contributed by atoms with van der Waals surface area (Å²) in [5.74, 6) is 0. The third-order valence-corrected chi connectivity index (χ3v) is 6.39. The molecule has 0 spiro atoms. The Balaban J connectivity index is 4.85. The van der Waals surface area contributed by atoms with E-state index in [9.17, 15) is 0 Å². The predicted octanol–water partition coefficient (Wildman–Crippen LogP) is 2.91. The molecule has 0 heterocycles. The quantitative estimate of drug-likeness (QED) is 0.498. The summed E-state index contributed by atoms with van der Waals surface area (Å²) in [6, 6.07) is 0. The number of aliphatic imine (C=N–C) groups is 1. The van der Waals surface area contributed by atoms with Gasteiger partial charge in [0.2, 0.25) is 0 Å². The second-order valence-electron chi connectivity index (χ2n) is 4.85. The lowest BCUT2D eigenvalue weighted by Crippen LogP contribution is -2.52. The van der Waals surface area contributed by atoms with E-state index in [2.05, 4.69) is 32.7 Å². The molecule has 5 heteroatoms. The fourth-order valence-electron chi connectivity index (χ4n) is 2.19. The van der Waals surface area contributed by atoms with Crippen LogP contribution in [-0.2, 0) is 13.3 Å². The molecule has 17 heavy (non-hydrogen) atoms. The molecule has 0 unspecified atom stereocenters. The van der Waals surface area contributed by atoms with Crippen LogP contribution in [0, 0.1) is 0 Å². The summed E-state index contributed by atoms with van der Waals surface area (Å²) in [5.41, 5.74) is 1.12. The van der Waals surface area contributed by atoms with Crippen LogP contribution in [0.2, 0.25) is 5.04 Å². The van der Waals surface area contributed by atoms with Crippen LogP contribution < -0.4 is 0 Å². The minimum Gasteiger partial charge on any atom is -0.377 e. The Bertz CT molecular complexity index is 242. The molecule has 0 N–H and O–H groups in total. The minimum atomic E-state index is -2.63. The highest BCUT2D eigenvalue weighted by molar-refractivity contribution is 6.64. The predicted molar refractivity (Wildman–Crippen MR) is 73.7 cm³/mol. The summed E-state index contributed by atoms with van der Waals surface area (Å²) < 4.78 is 16.6. The first-order valence-corrected chi connectivity index (χ1v) is 7.77. The largest absolute Gasteiger partial charge is 0.506 e. The molecule has 0 bridgehead atoms. The van der Waals surface area contributed by atoms with Crippen molar-refractivity contribution in [2.45, 2.75) is 45.6 Å². The Morgan fingerprint density at radius 1 is 1.12 bits per heavy atom. The summed E-state index contributed by atoms with van der Waals surface area (Å²) in [6.45, 7) is 9.28. The van der Waals surface area contributed by atoms with Crippen LogP contribution in [-0.4, -0.2) is 42.4 Å². The van der Waals surface area contributed by atoms with Crippen molar-refractivity contribution in [2.75, 3.05) is 27.9 Å². The van der Waals surface area contributed by atoms with Crippen LogP contribution in [0.5, 0.6) is 0 Å². The lowest BCUT2D eigenvalue weighted by molar-refractivity contribution is 0.0966. The second-order valence-corrected chi connectivity index (χ2v) is 8.54. The highest BCUT2D eigenvalue weighted by Crippen LogP contribution is 2.41. The van der Waals surface area contributed by atoms with E-state index in [0.29, 0.717) is 0 Å². The third-order valence-electron chi connectivity index (χ3n) is 2.94. The van der Waals surface area contributed by atoms with Crippen molar-refractivity contribution in [2.24, 2.45) is 4.99 Å². The zero-order valence-electron chi connectivity index (χ0n) is 12.3. The van der Waals surface area contributed by atoms with E-state index in [1.165, 1.54) is 0 Å². The molecular formula is C12H27NO3Si. The van der Waals surface area contributed by atoms with Crippen molar-refractivity contribution in [1.82, 2.24) is 0 Å². The van der Waals surface area contributed by atoms with Crippen molar-refractivity contribution >= 4 is 14.5 Å². The number of rotatable bonds is 8. The van der Waals surface area contributed by atoms with Crippen molar-refractivity contribution in [3.05, 3.63) is 0 Å². The molecule has 0 aliphatic carbocycles. The average Bonchev–Trinajstić information content (AvgIpc) is 2.28. The lowest BCUT2D eigenvalue weighted by Gasteiger charge is -2.38. The lowest BCUT2D eigenvalue weighted by atomic mass is 10.1. The normalized spacial score (nSPS) is 14.2. The fourth-order valence-corrected chi connectivity index (χ4v) is 4.82. The van der Waals surface area contributed by atoms with Crippen LogP contribution >= 0.6 is 0 Å². The van der Waals surface area contributed by atoms with Gasteiger partial charge >= 0.3 is 8.80 Å². The van der Waals surface area contributed by atoms with Gasteiger partial charge in [-0.15, -0.1) is 0 Å². The van der Waals surface area contributed by atoms with E-state index in [0.717, 1.165) is 25.1 Å². The SMILES string of the molecule is CCCN=C(C)CC(C)(C)[Si](OC)(OC)OC. The van der Waals surface area contributed by atoms with E-state index in [4.69, 9.17) is 13.3 Å². The van der Waals surface area contributed by atoms with E-state index >= 15 is 0 Å².